The fraction of sp³-hybridized carbons (Fsp3) is 0.900. The molecule has 1 N–H and O–H groups in total. The third-order valence-corrected chi connectivity index (χ3v) is 2.89. The van der Waals surface area contributed by atoms with Crippen LogP contribution in [-0.4, -0.2) is 49.7 Å². The molecule has 2 saturated heterocycles. The molecule has 2 fully saturated rings. The SMILES string of the molecule is O=C([C@H]1CCCN1)N1CCCOCC1. The molecule has 0 unspecified atom stereocenters. The maximum atomic E-state index is 12.0. The second-order valence-electron chi connectivity index (χ2n) is 3.94. The molecule has 2 aliphatic rings. The Balaban J connectivity index is 1.88. The third kappa shape index (κ3) is 2.25. The normalized spacial score (nSPS) is 28.9. The van der Waals surface area contributed by atoms with Crippen molar-refractivity contribution in [1.29, 1.82) is 0 Å². The molecule has 2 aliphatic heterocycles. The first-order valence-corrected chi connectivity index (χ1v) is 5.48. The van der Waals surface area contributed by atoms with Crippen molar-refractivity contribution in [3.8, 4) is 0 Å². The van der Waals surface area contributed by atoms with Crippen LogP contribution in [-0.2, 0) is 9.53 Å². The molecule has 80 valence electrons. The van der Waals surface area contributed by atoms with E-state index in [9.17, 15) is 4.79 Å². The fourth-order valence-electron chi connectivity index (χ4n) is 2.08. The molecule has 4 heteroatoms. The lowest BCUT2D eigenvalue weighted by Gasteiger charge is -2.23. The van der Waals surface area contributed by atoms with Gasteiger partial charge in [0.15, 0.2) is 0 Å². The minimum absolute atomic E-state index is 0.0769. The molecule has 1 amide bonds. The minimum atomic E-state index is 0.0769. The van der Waals surface area contributed by atoms with Gasteiger partial charge < -0.3 is 15.0 Å². The molecule has 0 aromatic heterocycles. The molecule has 0 aromatic rings. The van der Waals surface area contributed by atoms with Crippen LogP contribution in [0.1, 0.15) is 19.3 Å². The summed E-state index contributed by atoms with van der Waals surface area (Å²) in [4.78, 5) is 13.9. The summed E-state index contributed by atoms with van der Waals surface area (Å²) in [5, 5.41) is 3.24. The van der Waals surface area contributed by atoms with Crippen molar-refractivity contribution < 1.29 is 9.53 Å². The van der Waals surface area contributed by atoms with E-state index in [1.807, 2.05) is 4.90 Å². The molecule has 0 aliphatic carbocycles. The van der Waals surface area contributed by atoms with Crippen LogP contribution in [0.2, 0.25) is 0 Å². The van der Waals surface area contributed by atoms with Crippen molar-refractivity contribution in [3.63, 3.8) is 0 Å². The molecule has 1 atom stereocenters. The lowest BCUT2D eigenvalue weighted by Crippen LogP contribution is -2.44. The number of hydrogen-bond acceptors (Lipinski definition) is 3. The Morgan fingerprint density at radius 2 is 2.21 bits per heavy atom. The summed E-state index contributed by atoms with van der Waals surface area (Å²) >= 11 is 0. The molecule has 4 nitrogen and oxygen atoms in total. The van der Waals surface area contributed by atoms with E-state index in [2.05, 4.69) is 5.32 Å². The van der Waals surface area contributed by atoms with Crippen molar-refractivity contribution >= 4 is 5.91 Å². The Labute approximate surface area is 84.6 Å². The van der Waals surface area contributed by atoms with Gasteiger partial charge in [-0.05, 0) is 25.8 Å². The van der Waals surface area contributed by atoms with E-state index in [1.54, 1.807) is 0 Å². The molecule has 2 heterocycles. The first-order chi connectivity index (χ1) is 6.88. The van der Waals surface area contributed by atoms with Crippen LogP contribution in [0, 0.1) is 0 Å². The van der Waals surface area contributed by atoms with Crippen molar-refractivity contribution in [3.05, 3.63) is 0 Å². The van der Waals surface area contributed by atoms with Crippen LogP contribution >= 0.6 is 0 Å². The van der Waals surface area contributed by atoms with Crippen LogP contribution in [0.5, 0.6) is 0 Å². The van der Waals surface area contributed by atoms with Crippen molar-refractivity contribution in [2.75, 3.05) is 32.8 Å². The number of hydrogen-bond donors (Lipinski definition) is 1. The molecular formula is C10H18N2O2. The van der Waals surface area contributed by atoms with Gasteiger partial charge in [-0.1, -0.05) is 0 Å². The lowest BCUT2D eigenvalue weighted by atomic mass is 10.2. The molecule has 0 spiro atoms. The smallest absolute Gasteiger partial charge is 0.239 e. The van der Waals surface area contributed by atoms with E-state index in [0.717, 1.165) is 45.5 Å². The zero-order valence-electron chi connectivity index (χ0n) is 8.50. The molecule has 14 heavy (non-hydrogen) atoms. The van der Waals surface area contributed by atoms with Crippen LogP contribution in [0.15, 0.2) is 0 Å². The van der Waals surface area contributed by atoms with Gasteiger partial charge in [0.05, 0.1) is 12.6 Å². The predicted molar refractivity (Wildman–Crippen MR) is 53.0 cm³/mol. The maximum Gasteiger partial charge on any atom is 0.239 e. The minimum Gasteiger partial charge on any atom is -0.380 e. The monoisotopic (exact) mass is 198 g/mol. The highest BCUT2D eigenvalue weighted by Gasteiger charge is 2.26. The molecule has 0 radical (unpaired) electrons. The summed E-state index contributed by atoms with van der Waals surface area (Å²) in [6.07, 6.45) is 3.09. The first-order valence-electron chi connectivity index (χ1n) is 5.48. The summed E-state index contributed by atoms with van der Waals surface area (Å²) in [6.45, 7) is 4.09. The average Bonchev–Trinajstić information content (AvgIpc) is 2.59. The Hall–Kier alpha value is -0.610. The van der Waals surface area contributed by atoms with E-state index in [1.165, 1.54) is 0 Å². The first kappa shape index (κ1) is 9.93. The van der Waals surface area contributed by atoms with Gasteiger partial charge in [-0.3, -0.25) is 4.79 Å². The van der Waals surface area contributed by atoms with E-state index in [0.29, 0.717) is 6.61 Å². The topological polar surface area (TPSA) is 41.6 Å². The number of ether oxygens (including phenoxy) is 1. The second-order valence-corrected chi connectivity index (χ2v) is 3.94. The highest BCUT2D eigenvalue weighted by molar-refractivity contribution is 5.82. The highest BCUT2D eigenvalue weighted by Crippen LogP contribution is 2.10. The standard InChI is InChI=1S/C10H18N2O2/c13-10(9-3-1-4-11-9)12-5-2-7-14-8-6-12/h9,11H,1-8H2/t9-/m1/s1. The van der Waals surface area contributed by atoms with Gasteiger partial charge in [0, 0.05) is 19.7 Å². The average molecular weight is 198 g/mol. The van der Waals surface area contributed by atoms with Crippen molar-refractivity contribution in [2.24, 2.45) is 0 Å². The second kappa shape index (κ2) is 4.75. The van der Waals surface area contributed by atoms with Crippen LogP contribution < -0.4 is 5.32 Å². The maximum absolute atomic E-state index is 12.0. The summed E-state index contributed by atoms with van der Waals surface area (Å²) in [7, 11) is 0. The van der Waals surface area contributed by atoms with Gasteiger partial charge >= 0.3 is 0 Å². The molecule has 0 aromatic carbocycles. The molecule has 2 rings (SSSR count). The predicted octanol–water partition coefficient (Wildman–Crippen LogP) is -0.0127. The molecule has 0 bridgehead atoms. The van der Waals surface area contributed by atoms with E-state index < -0.39 is 0 Å². The van der Waals surface area contributed by atoms with Gasteiger partial charge in [-0.2, -0.15) is 0 Å². The number of amides is 1. The van der Waals surface area contributed by atoms with Gasteiger partial charge in [0.25, 0.3) is 0 Å². The van der Waals surface area contributed by atoms with E-state index in [4.69, 9.17) is 4.74 Å². The summed E-state index contributed by atoms with van der Waals surface area (Å²) in [6, 6.07) is 0.0769. The Morgan fingerprint density at radius 1 is 1.29 bits per heavy atom. The Kier molecular flexibility index (Phi) is 3.37. The van der Waals surface area contributed by atoms with Gasteiger partial charge in [-0.25, -0.2) is 0 Å². The van der Waals surface area contributed by atoms with Gasteiger partial charge in [0.2, 0.25) is 5.91 Å². The third-order valence-electron chi connectivity index (χ3n) is 2.89. The van der Waals surface area contributed by atoms with Crippen molar-refractivity contribution in [2.45, 2.75) is 25.3 Å². The largest absolute Gasteiger partial charge is 0.380 e. The quantitative estimate of drug-likeness (QED) is 0.644. The lowest BCUT2D eigenvalue weighted by molar-refractivity contribution is -0.133. The zero-order valence-corrected chi connectivity index (χ0v) is 8.50. The number of carbonyl (C=O) groups excluding carboxylic acids is 1. The Bertz CT molecular complexity index is 194. The zero-order chi connectivity index (χ0) is 9.80. The van der Waals surface area contributed by atoms with Crippen LogP contribution in [0.25, 0.3) is 0 Å². The Morgan fingerprint density at radius 3 is 3.00 bits per heavy atom. The van der Waals surface area contributed by atoms with Gasteiger partial charge in [0.1, 0.15) is 0 Å². The van der Waals surface area contributed by atoms with E-state index in [-0.39, 0.29) is 11.9 Å². The molecular weight excluding hydrogens is 180 g/mol. The van der Waals surface area contributed by atoms with E-state index >= 15 is 0 Å². The number of nitrogens with zero attached hydrogens (tertiary/aromatic N) is 1. The summed E-state index contributed by atoms with van der Waals surface area (Å²) in [5.41, 5.74) is 0. The molecule has 0 saturated carbocycles. The highest BCUT2D eigenvalue weighted by atomic mass is 16.5. The fourth-order valence-corrected chi connectivity index (χ4v) is 2.08. The summed E-state index contributed by atoms with van der Waals surface area (Å²) in [5.74, 6) is 0.271. The van der Waals surface area contributed by atoms with Crippen LogP contribution in [0.3, 0.4) is 0 Å². The number of nitrogens with one attached hydrogen (secondary N) is 1. The number of carbonyl (C=O) groups is 1. The summed E-state index contributed by atoms with van der Waals surface area (Å²) < 4.78 is 5.32. The van der Waals surface area contributed by atoms with Gasteiger partial charge in [-0.15, -0.1) is 0 Å². The number of rotatable bonds is 1. The van der Waals surface area contributed by atoms with Crippen LogP contribution in [0.4, 0.5) is 0 Å². The van der Waals surface area contributed by atoms with Crippen molar-refractivity contribution in [1.82, 2.24) is 10.2 Å².